The van der Waals surface area contributed by atoms with Gasteiger partial charge in [0.1, 0.15) is 134 Å². The van der Waals surface area contributed by atoms with E-state index in [9.17, 15) is 91.0 Å². The number of amides is 3. The van der Waals surface area contributed by atoms with Crippen LogP contribution in [0.3, 0.4) is 0 Å². The van der Waals surface area contributed by atoms with Gasteiger partial charge in [-0.3, -0.25) is 14.4 Å². The van der Waals surface area contributed by atoms with Gasteiger partial charge in [-0.15, -0.1) is 0 Å². The molecule has 6 unspecified atom stereocenters. The molecule has 6 heterocycles. The Kier molecular flexibility index (Phi) is 21.2. The molecule has 6 aliphatic heterocycles. The van der Waals surface area contributed by atoms with Crippen molar-refractivity contribution in [2.24, 2.45) is 0 Å². The maximum absolute atomic E-state index is 13.1. The molecule has 32 heteroatoms. The van der Waals surface area contributed by atoms with Crippen LogP contribution >= 0.6 is 0 Å². The van der Waals surface area contributed by atoms with Crippen LogP contribution in [0.25, 0.3) is 0 Å². The van der Waals surface area contributed by atoms with Crippen LogP contribution in [0.15, 0.2) is 0 Å². The smallest absolute Gasteiger partial charge is 0.217 e. The highest BCUT2D eigenvalue weighted by molar-refractivity contribution is 5.74. The summed E-state index contributed by atoms with van der Waals surface area (Å²) in [6.07, 6.45) is -48.6. The number of carbonyl (C=O) groups is 3. The number of ether oxygens (including phenoxy) is 11. The number of aliphatic hydroxyl groups is 15. The maximum atomic E-state index is 13.1. The molecule has 0 bridgehead atoms. The van der Waals surface area contributed by atoms with Crippen LogP contribution in [0.2, 0.25) is 0 Å². The Bertz CT molecular complexity index is 1830. The second kappa shape index (κ2) is 25.9. The first kappa shape index (κ1) is 60.6. The zero-order valence-electron chi connectivity index (χ0n) is 40.6. The summed E-state index contributed by atoms with van der Waals surface area (Å²) in [5, 5.41) is 169. The van der Waals surface area contributed by atoms with Gasteiger partial charge < -0.3 is 145 Å². The number of carbonyl (C=O) groups excluding carboxylic acids is 3. The average molecular weight is 1080 g/mol. The normalized spacial score (nSPS) is 49.1. The van der Waals surface area contributed by atoms with E-state index < -0.39 is 228 Å². The highest BCUT2D eigenvalue weighted by Gasteiger charge is 2.58. The van der Waals surface area contributed by atoms with Crippen LogP contribution in [-0.2, 0) is 66.5 Å². The molecule has 0 spiro atoms. The van der Waals surface area contributed by atoms with E-state index in [-0.39, 0.29) is 0 Å². The molecule has 32 nitrogen and oxygen atoms in total. The van der Waals surface area contributed by atoms with Gasteiger partial charge in [0, 0.05) is 20.8 Å². The van der Waals surface area contributed by atoms with E-state index in [2.05, 4.69) is 16.0 Å². The van der Waals surface area contributed by atoms with E-state index in [1.54, 1.807) is 0 Å². The van der Waals surface area contributed by atoms with Crippen LogP contribution in [0.4, 0.5) is 0 Å². The molecule has 18 N–H and O–H groups in total. The third-order valence-electron chi connectivity index (χ3n) is 13.5. The van der Waals surface area contributed by atoms with E-state index in [1.807, 2.05) is 0 Å². The Hall–Kier alpha value is -2.63. The van der Waals surface area contributed by atoms with Crippen LogP contribution in [-0.4, -0.2) is 305 Å². The minimum absolute atomic E-state index is 0.737. The van der Waals surface area contributed by atoms with Gasteiger partial charge in [-0.05, 0) is 13.8 Å². The summed E-state index contributed by atoms with van der Waals surface area (Å²) in [7, 11) is 0. The Balaban J connectivity index is 1.33. The molecule has 0 aromatic heterocycles. The first-order valence-corrected chi connectivity index (χ1v) is 23.8. The lowest BCUT2D eigenvalue weighted by Gasteiger charge is -2.51. The van der Waals surface area contributed by atoms with Crippen molar-refractivity contribution in [2.75, 3.05) is 26.4 Å². The standard InChI is InChI=1S/C42H71N3O29/c1-10-22(52)28(58)31(61)40(65-10)73-35-21(45-14(5)51)38(70-17(8-48)33(35)71-42-36(30(60)25(55)16(7-47)69-42)74-41-32(62)29(59)23(53)11(2)66-41)64-9-18-26(56)34(20(37(63)67-18)44-13(4)50)72-39-19(43-12(3)49)27(57)24(54)15(6-46)68-39/h10-11,15-42,46-48,52-63H,6-9H2,1-5H3,(H,43,49)(H,44,50)(H,45,51)/t10-,11-,15+,16+,17+,18+,19+,20+,21+,22+,23+,24+,25-,26-,27+,28+,29+,30-,31-,32-,33+,34+,35+,36+,37?,38?,39?,40?,41?,42?/m0/s1. The summed E-state index contributed by atoms with van der Waals surface area (Å²) < 4.78 is 65.0. The van der Waals surface area contributed by atoms with E-state index >= 15 is 0 Å². The highest BCUT2D eigenvalue weighted by atomic mass is 16.8. The molecule has 0 aliphatic carbocycles. The largest absolute Gasteiger partial charge is 0.394 e. The first-order valence-electron chi connectivity index (χ1n) is 23.8. The Morgan fingerprint density at radius 3 is 1.32 bits per heavy atom. The molecule has 0 aromatic carbocycles. The van der Waals surface area contributed by atoms with Crippen molar-refractivity contribution in [1.82, 2.24) is 16.0 Å². The molecule has 6 saturated heterocycles. The fraction of sp³-hybridized carbons (Fsp3) is 0.929. The Morgan fingerprint density at radius 1 is 0.378 bits per heavy atom. The van der Waals surface area contributed by atoms with Crippen molar-refractivity contribution < 1.29 is 143 Å². The third kappa shape index (κ3) is 13.3. The second-order valence-electron chi connectivity index (χ2n) is 19.0. The zero-order chi connectivity index (χ0) is 54.8. The fourth-order valence-corrected chi connectivity index (χ4v) is 9.49. The predicted octanol–water partition coefficient (Wildman–Crippen LogP) is -11.6. The molecule has 428 valence electrons. The van der Waals surface area contributed by atoms with Gasteiger partial charge in [0.2, 0.25) is 17.7 Å². The summed E-state index contributed by atoms with van der Waals surface area (Å²) in [5.74, 6) is -2.34. The van der Waals surface area contributed by atoms with Gasteiger partial charge in [-0.25, -0.2) is 0 Å². The molecule has 30 atom stereocenters. The summed E-state index contributed by atoms with van der Waals surface area (Å²) in [6.45, 7) is 2.06. The van der Waals surface area contributed by atoms with Crippen LogP contribution in [0.5, 0.6) is 0 Å². The molecule has 0 saturated carbocycles. The molecular formula is C42H71N3O29. The third-order valence-corrected chi connectivity index (χ3v) is 13.5. The Labute approximate surface area is 421 Å². The molecular weight excluding hydrogens is 1010 g/mol. The molecule has 6 fully saturated rings. The summed E-state index contributed by atoms with van der Waals surface area (Å²) in [4.78, 5) is 37.6. The molecule has 3 amide bonds. The number of hydrogen-bond acceptors (Lipinski definition) is 29. The monoisotopic (exact) mass is 1080 g/mol. The molecule has 6 rings (SSSR count). The number of nitrogens with one attached hydrogen (secondary N) is 3. The van der Waals surface area contributed by atoms with E-state index in [0.717, 1.165) is 20.8 Å². The van der Waals surface area contributed by atoms with Crippen molar-refractivity contribution in [3.8, 4) is 0 Å². The number of rotatable bonds is 17. The molecule has 0 aromatic rings. The summed E-state index contributed by atoms with van der Waals surface area (Å²) >= 11 is 0. The van der Waals surface area contributed by atoms with Crippen LogP contribution in [0.1, 0.15) is 34.6 Å². The first-order chi connectivity index (χ1) is 34.8. The summed E-state index contributed by atoms with van der Waals surface area (Å²) in [5.41, 5.74) is 0. The zero-order valence-corrected chi connectivity index (χ0v) is 40.6. The van der Waals surface area contributed by atoms with Gasteiger partial charge in [0.25, 0.3) is 0 Å². The minimum Gasteiger partial charge on any atom is -0.394 e. The van der Waals surface area contributed by atoms with Crippen LogP contribution in [0, 0.1) is 0 Å². The van der Waals surface area contributed by atoms with Crippen molar-refractivity contribution in [3.63, 3.8) is 0 Å². The quantitative estimate of drug-likeness (QED) is 0.0643. The van der Waals surface area contributed by atoms with E-state index in [0.29, 0.717) is 0 Å². The van der Waals surface area contributed by atoms with Gasteiger partial charge in [-0.2, -0.15) is 0 Å². The highest BCUT2D eigenvalue weighted by Crippen LogP contribution is 2.37. The van der Waals surface area contributed by atoms with E-state index in [1.165, 1.54) is 13.8 Å². The van der Waals surface area contributed by atoms with Crippen LogP contribution < -0.4 is 16.0 Å². The predicted molar refractivity (Wildman–Crippen MR) is 231 cm³/mol. The topological polar surface area (TPSA) is 492 Å². The molecule has 74 heavy (non-hydrogen) atoms. The SMILES string of the molecule is CC(=O)N[C@H]1C(O[C@H]2[C@@H](O)[C@@H](COC3O[C@H](CO)[C@@H](OC4O[C@H](CO)[C@H](O)[C@H](O)[C@H]4OC4O[C@@H](C)[C@@H](O)[C@@H](O)[C@@H]4O)[C@H](OC4O[C@@H](C)[C@@H](O)[C@@H](O)[C@@H]4O)[C@H]3NC(C)=O)OC(O)[C@@H]2NC(C)=O)O[C@H](CO)[C@@H](O)[C@@H]1O. The van der Waals surface area contributed by atoms with E-state index in [4.69, 9.17) is 52.1 Å². The van der Waals surface area contributed by atoms with Crippen molar-refractivity contribution in [1.29, 1.82) is 0 Å². The molecule has 6 aliphatic rings. The fourth-order valence-electron chi connectivity index (χ4n) is 9.49. The minimum atomic E-state index is -2.07. The molecule has 0 radical (unpaired) electrons. The Morgan fingerprint density at radius 2 is 0.811 bits per heavy atom. The second-order valence-corrected chi connectivity index (χ2v) is 19.0. The lowest BCUT2D eigenvalue weighted by atomic mass is 9.93. The number of aliphatic hydroxyl groups excluding tert-OH is 15. The van der Waals surface area contributed by atoms with Gasteiger partial charge in [-0.1, -0.05) is 0 Å². The maximum Gasteiger partial charge on any atom is 0.217 e. The van der Waals surface area contributed by atoms with Gasteiger partial charge in [0.05, 0.1) is 38.6 Å². The number of hydrogen-bond donors (Lipinski definition) is 18. The van der Waals surface area contributed by atoms with Crippen molar-refractivity contribution >= 4 is 17.7 Å². The lowest BCUT2D eigenvalue weighted by Crippen LogP contribution is -2.71. The lowest BCUT2D eigenvalue weighted by molar-refractivity contribution is -0.393. The van der Waals surface area contributed by atoms with Crippen molar-refractivity contribution in [2.45, 2.75) is 219 Å². The van der Waals surface area contributed by atoms with Gasteiger partial charge >= 0.3 is 0 Å². The van der Waals surface area contributed by atoms with Crippen molar-refractivity contribution in [3.05, 3.63) is 0 Å². The summed E-state index contributed by atoms with van der Waals surface area (Å²) in [6, 6.07) is -4.93. The van der Waals surface area contributed by atoms with Gasteiger partial charge in [0.15, 0.2) is 37.7 Å². The average Bonchev–Trinajstić information content (AvgIpc) is 3.35.